The molecule has 0 fully saturated rings. The van der Waals surface area contributed by atoms with Crippen LogP contribution in [0, 0.1) is 0 Å². The molecule has 4 heteroatoms. The molecule has 2 rings (SSSR count). The number of hydrogen-bond acceptors (Lipinski definition) is 3. The number of thiophene rings is 1. The lowest BCUT2D eigenvalue weighted by molar-refractivity contribution is 0.0957. The molecule has 3 nitrogen and oxygen atoms in total. The second kappa shape index (κ2) is 4.53. The van der Waals surface area contributed by atoms with E-state index in [1.54, 1.807) is 7.11 Å². The summed E-state index contributed by atoms with van der Waals surface area (Å²) in [4.78, 5) is 12.5. The van der Waals surface area contributed by atoms with Gasteiger partial charge < -0.3 is 10.1 Å². The maximum atomic E-state index is 11.8. The average Bonchev–Trinajstić information content (AvgIpc) is 2.67. The van der Waals surface area contributed by atoms with Crippen LogP contribution in [0.5, 0.6) is 5.75 Å². The minimum Gasteiger partial charge on any atom is -0.494 e. The molecule has 0 aliphatic heterocycles. The third-order valence-corrected chi connectivity index (χ3v) is 3.45. The molecule has 0 spiro atoms. The van der Waals surface area contributed by atoms with E-state index in [0.717, 1.165) is 10.1 Å². The van der Waals surface area contributed by atoms with Crippen LogP contribution in [-0.2, 0) is 0 Å². The summed E-state index contributed by atoms with van der Waals surface area (Å²) in [6.45, 7) is 2.52. The van der Waals surface area contributed by atoms with E-state index in [4.69, 9.17) is 4.74 Å². The second-order valence-corrected chi connectivity index (χ2v) is 4.37. The van der Waals surface area contributed by atoms with Gasteiger partial charge in [-0.1, -0.05) is 12.1 Å². The van der Waals surface area contributed by atoms with E-state index in [-0.39, 0.29) is 5.91 Å². The summed E-state index contributed by atoms with van der Waals surface area (Å²) in [6, 6.07) is 7.86. The van der Waals surface area contributed by atoms with Gasteiger partial charge in [0.1, 0.15) is 10.6 Å². The van der Waals surface area contributed by atoms with Crippen LogP contribution in [0.2, 0.25) is 0 Å². The van der Waals surface area contributed by atoms with Crippen LogP contribution >= 0.6 is 11.3 Å². The number of amides is 1. The first kappa shape index (κ1) is 11.0. The summed E-state index contributed by atoms with van der Waals surface area (Å²) in [5.41, 5.74) is 0. The van der Waals surface area contributed by atoms with Crippen LogP contribution in [0.4, 0.5) is 0 Å². The number of hydrogen-bond donors (Lipinski definition) is 1. The Morgan fingerprint density at radius 2 is 2.19 bits per heavy atom. The maximum Gasteiger partial charge on any atom is 0.265 e. The number of nitrogens with one attached hydrogen (secondary N) is 1. The fraction of sp³-hybridized carbons (Fsp3) is 0.250. The van der Waals surface area contributed by atoms with E-state index >= 15 is 0 Å². The number of fused-ring (bicyclic) bond motifs is 1. The first-order valence-electron chi connectivity index (χ1n) is 5.11. The van der Waals surface area contributed by atoms with Crippen LogP contribution in [0.3, 0.4) is 0 Å². The highest BCUT2D eigenvalue weighted by molar-refractivity contribution is 7.21. The molecule has 0 aliphatic carbocycles. The van der Waals surface area contributed by atoms with Gasteiger partial charge in [0, 0.05) is 16.6 Å². The standard InChI is InChI=1S/C12H13NO2S/c1-3-13-12(14)11-10(15-2)8-6-4-5-7-9(8)16-11/h4-7H,3H2,1-2H3,(H,13,14). The largest absolute Gasteiger partial charge is 0.494 e. The predicted octanol–water partition coefficient (Wildman–Crippen LogP) is 2.66. The molecule has 1 amide bonds. The highest BCUT2D eigenvalue weighted by Crippen LogP contribution is 2.37. The predicted molar refractivity (Wildman–Crippen MR) is 66.4 cm³/mol. The first-order chi connectivity index (χ1) is 7.77. The topological polar surface area (TPSA) is 38.3 Å². The Morgan fingerprint density at radius 1 is 1.44 bits per heavy atom. The number of methoxy groups -OCH3 is 1. The van der Waals surface area contributed by atoms with Crippen molar-refractivity contribution in [3.63, 3.8) is 0 Å². The molecule has 1 aromatic heterocycles. The van der Waals surface area contributed by atoms with Gasteiger partial charge in [0.25, 0.3) is 5.91 Å². The Hall–Kier alpha value is -1.55. The fourth-order valence-electron chi connectivity index (χ4n) is 1.61. The smallest absolute Gasteiger partial charge is 0.265 e. The zero-order valence-electron chi connectivity index (χ0n) is 9.24. The minimum atomic E-state index is -0.0689. The third kappa shape index (κ3) is 1.76. The van der Waals surface area contributed by atoms with Crippen molar-refractivity contribution in [3.8, 4) is 5.75 Å². The molecule has 1 N–H and O–H groups in total. The van der Waals surface area contributed by atoms with Gasteiger partial charge in [0.2, 0.25) is 0 Å². The first-order valence-corrected chi connectivity index (χ1v) is 5.93. The van der Waals surface area contributed by atoms with Gasteiger partial charge in [0.15, 0.2) is 0 Å². The van der Waals surface area contributed by atoms with Crippen molar-refractivity contribution in [2.24, 2.45) is 0 Å². The fourth-order valence-corrected chi connectivity index (χ4v) is 2.70. The van der Waals surface area contributed by atoms with E-state index in [1.165, 1.54) is 11.3 Å². The van der Waals surface area contributed by atoms with Gasteiger partial charge in [-0.25, -0.2) is 0 Å². The lowest BCUT2D eigenvalue weighted by Crippen LogP contribution is -2.21. The maximum absolute atomic E-state index is 11.8. The molecule has 0 aliphatic rings. The summed E-state index contributed by atoms with van der Waals surface area (Å²) >= 11 is 1.46. The zero-order valence-corrected chi connectivity index (χ0v) is 10.1. The average molecular weight is 235 g/mol. The van der Waals surface area contributed by atoms with Crippen LogP contribution in [0.25, 0.3) is 10.1 Å². The Bertz CT molecular complexity index is 519. The van der Waals surface area contributed by atoms with Gasteiger partial charge >= 0.3 is 0 Å². The van der Waals surface area contributed by atoms with Crippen molar-refractivity contribution in [3.05, 3.63) is 29.1 Å². The molecule has 16 heavy (non-hydrogen) atoms. The monoisotopic (exact) mass is 235 g/mol. The van der Waals surface area contributed by atoms with Crippen molar-refractivity contribution in [2.75, 3.05) is 13.7 Å². The van der Waals surface area contributed by atoms with E-state index in [1.807, 2.05) is 31.2 Å². The molecule has 2 aromatic rings. The van der Waals surface area contributed by atoms with Crippen LogP contribution in [0.15, 0.2) is 24.3 Å². The third-order valence-electron chi connectivity index (χ3n) is 2.30. The second-order valence-electron chi connectivity index (χ2n) is 3.32. The number of carbonyl (C=O) groups is 1. The number of carbonyl (C=O) groups excluding carboxylic acids is 1. The highest BCUT2D eigenvalue weighted by Gasteiger charge is 2.17. The summed E-state index contributed by atoms with van der Waals surface area (Å²) in [5.74, 6) is 0.604. The van der Waals surface area contributed by atoms with Crippen molar-refractivity contribution >= 4 is 27.3 Å². The SMILES string of the molecule is CCNC(=O)c1sc2ccccc2c1OC. The van der Waals surface area contributed by atoms with E-state index < -0.39 is 0 Å². The molecule has 0 saturated carbocycles. The Kier molecular flexibility index (Phi) is 3.10. The Balaban J connectivity index is 2.56. The van der Waals surface area contributed by atoms with E-state index in [9.17, 15) is 4.79 Å². The van der Waals surface area contributed by atoms with Crippen LogP contribution < -0.4 is 10.1 Å². The summed E-state index contributed by atoms with van der Waals surface area (Å²) < 4.78 is 6.39. The molecular weight excluding hydrogens is 222 g/mol. The molecule has 1 heterocycles. The van der Waals surface area contributed by atoms with Crippen LogP contribution in [-0.4, -0.2) is 19.6 Å². The molecule has 0 unspecified atom stereocenters. The van der Waals surface area contributed by atoms with Gasteiger partial charge in [0.05, 0.1) is 7.11 Å². The van der Waals surface area contributed by atoms with Crippen molar-refractivity contribution in [2.45, 2.75) is 6.92 Å². The molecule has 0 saturated heterocycles. The summed E-state index contributed by atoms with van der Waals surface area (Å²) in [6.07, 6.45) is 0. The van der Waals surface area contributed by atoms with Gasteiger partial charge in [-0.05, 0) is 19.1 Å². The van der Waals surface area contributed by atoms with E-state index in [0.29, 0.717) is 17.2 Å². The molecule has 1 aromatic carbocycles. The summed E-state index contributed by atoms with van der Waals surface area (Å²) in [5, 5.41) is 3.79. The number of ether oxygens (including phenoxy) is 1. The highest BCUT2D eigenvalue weighted by atomic mass is 32.1. The molecular formula is C12H13NO2S. The number of benzene rings is 1. The number of rotatable bonds is 3. The lowest BCUT2D eigenvalue weighted by Gasteiger charge is -2.02. The quantitative estimate of drug-likeness (QED) is 0.888. The van der Waals surface area contributed by atoms with Crippen molar-refractivity contribution < 1.29 is 9.53 Å². The van der Waals surface area contributed by atoms with Gasteiger partial charge in [-0.15, -0.1) is 11.3 Å². The summed E-state index contributed by atoms with van der Waals surface area (Å²) in [7, 11) is 1.59. The van der Waals surface area contributed by atoms with Crippen molar-refractivity contribution in [1.29, 1.82) is 0 Å². The molecule has 0 radical (unpaired) electrons. The molecule has 0 bridgehead atoms. The zero-order chi connectivity index (χ0) is 11.5. The van der Waals surface area contributed by atoms with Gasteiger partial charge in [-0.3, -0.25) is 4.79 Å². The molecule has 84 valence electrons. The van der Waals surface area contributed by atoms with E-state index in [2.05, 4.69) is 5.32 Å². The van der Waals surface area contributed by atoms with Gasteiger partial charge in [-0.2, -0.15) is 0 Å². The van der Waals surface area contributed by atoms with Crippen molar-refractivity contribution in [1.82, 2.24) is 5.32 Å². The van der Waals surface area contributed by atoms with Crippen LogP contribution in [0.1, 0.15) is 16.6 Å². The lowest BCUT2D eigenvalue weighted by atomic mass is 10.2. The Morgan fingerprint density at radius 3 is 2.88 bits per heavy atom. The Labute approximate surface area is 98.0 Å². The normalized spacial score (nSPS) is 10.4. The minimum absolute atomic E-state index is 0.0689. The molecule has 0 atom stereocenters.